The summed E-state index contributed by atoms with van der Waals surface area (Å²) in [4.78, 5) is 0. The van der Waals surface area contributed by atoms with Gasteiger partial charge in [0, 0.05) is 5.41 Å². The van der Waals surface area contributed by atoms with Gasteiger partial charge >= 0.3 is 0 Å². The third-order valence-corrected chi connectivity index (χ3v) is 9.45. The number of ether oxygens (including phenoxy) is 2. The van der Waals surface area contributed by atoms with Crippen LogP contribution >= 0.6 is 0 Å². The molecule has 3 heteroatoms. The smallest absolute Gasteiger partial charge is 0.0704 e. The monoisotopic (exact) mass is 355 g/mol. The molecule has 3 nitrogen and oxygen atoms in total. The molecule has 0 aromatic rings. The lowest BCUT2D eigenvalue weighted by atomic mass is 9.43. The zero-order chi connectivity index (χ0) is 17.9. The van der Waals surface area contributed by atoms with E-state index in [1.54, 1.807) is 0 Å². The average Bonchev–Trinajstić information content (AvgIpc) is 2.84. The fourth-order valence-corrected chi connectivity index (χ4v) is 8.26. The van der Waals surface area contributed by atoms with Crippen LogP contribution in [0.4, 0.5) is 0 Å². The first kappa shape index (κ1) is 17.3. The Morgan fingerprint density at radius 1 is 1.19 bits per heavy atom. The Kier molecular flexibility index (Phi) is 4.03. The molecule has 8 atom stereocenters. The summed E-state index contributed by atoms with van der Waals surface area (Å²) in [7, 11) is 0. The number of nitriles is 1. The van der Waals surface area contributed by atoms with Crippen LogP contribution in [0.25, 0.3) is 0 Å². The maximum atomic E-state index is 9.99. The lowest BCUT2D eigenvalue weighted by Crippen LogP contribution is -2.56. The predicted octanol–water partition coefficient (Wildman–Crippen LogP) is 4.73. The van der Waals surface area contributed by atoms with Crippen molar-refractivity contribution in [3.8, 4) is 6.07 Å². The van der Waals surface area contributed by atoms with Gasteiger partial charge in [-0.05, 0) is 80.5 Å². The highest BCUT2D eigenvalue weighted by Crippen LogP contribution is 2.68. The van der Waals surface area contributed by atoms with Gasteiger partial charge in [-0.2, -0.15) is 5.26 Å². The fraction of sp³-hybridized carbons (Fsp3) is 0.870. The standard InChI is InChI=1S/C23H33NO2/c1-15-4-3-5-17-6-7-18-19(22(15,17)2)8-9-23-14-25-10-11-26-20(23)12-16(13-24)21(18)23/h16-21H,1,3-12,14H2,2H3/t16-,17+,18+,19-,20?,21-,22-,23-/m0/s1. The van der Waals surface area contributed by atoms with Gasteiger partial charge in [0.05, 0.1) is 37.9 Å². The predicted molar refractivity (Wildman–Crippen MR) is 100 cm³/mol. The lowest BCUT2D eigenvalue weighted by molar-refractivity contribution is -0.130. The number of fused-ring (bicyclic) bond motifs is 4. The zero-order valence-corrected chi connectivity index (χ0v) is 16.2. The molecule has 1 spiro atoms. The zero-order valence-electron chi connectivity index (χ0n) is 16.2. The van der Waals surface area contributed by atoms with E-state index in [-0.39, 0.29) is 17.4 Å². The normalized spacial score (nSPS) is 53.5. The van der Waals surface area contributed by atoms with Crippen LogP contribution in [0.5, 0.6) is 0 Å². The minimum Gasteiger partial charge on any atom is -0.378 e. The molecule has 142 valence electrons. The van der Waals surface area contributed by atoms with Crippen LogP contribution in [0.1, 0.15) is 58.3 Å². The molecular weight excluding hydrogens is 322 g/mol. The second-order valence-electron chi connectivity index (χ2n) is 10.0. The van der Waals surface area contributed by atoms with Gasteiger partial charge in [-0.25, -0.2) is 0 Å². The molecular formula is C23H33NO2. The minimum absolute atomic E-state index is 0.0945. The fourth-order valence-electron chi connectivity index (χ4n) is 8.26. The second kappa shape index (κ2) is 6.08. The van der Waals surface area contributed by atoms with E-state index in [0.717, 1.165) is 18.9 Å². The lowest BCUT2D eigenvalue weighted by Gasteiger charge is -2.61. The summed E-state index contributed by atoms with van der Waals surface area (Å²) in [6.45, 7) is 9.32. The van der Waals surface area contributed by atoms with Gasteiger partial charge in [-0.3, -0.25) is 0 Å². The minimum atomic E-state index is 0.0945. The van der Waals surface area contributed by atoms with Gasteiger partial charge in [0.25, 0.3) is 0 Å². The van der Waals surface area contributed by atoms with Gasteiger partial charge in [0.15, 0.2) is 0 Å². The van der Waals surface area contributed by atoms with Crippen LogP contribution in [-0.2, 0) is 9.47 Å². The molecule has 0 aromatic carbocycles. The molecule has 0 radical (unpaired) electrons. The Bertz CT molecular complexity index is 639. The van der Waals surface area contributed by atoms with Crippen molar-refractivity contribution < 1.29 is 9.47 Å². The van der Waals surface area contributed by atoms with Gasteiger partial charge in [-0.1, -0.05) is 19.1 Å². The molecule has 1 unspecified atom stereocenters. The number of nitrogens with zero attached hydrogens (tertiary/aromatic N) is 1. The maximum Gasteiger partial charge on any atom is 0.0704 e. The molecule has 1 aliphatic heterocycles. The molecule has 1 heterocycles. The molecule has 0 N–H and O–H groups in total. The van der Waals surface area contributed by atoms with Crippen molar-refractivity contribution in [3.05, 3.63) is 12.2 Å². The van der Waals surface area contributed by atoms with E-state index in [4.69, 9.17) is 9.47 Å². The topological polar surface area (TPSA) is 42.2 Å². The molecule has 0 amide bonds. The largest absolute Gasteiger partial charge is 0.378 e. The highest BCUT2D eigenvalue weighted by molar-refractivity contribution is 5.23. The van der Waals surface area contributed by atoms with Crippen LogP contribution in [-0.4, -0.2) is 25.9 Å². The first-order chi connectivity index (χ1) is 12.6. The summed E-state index contributed by atoms with van der Waals surface area (Å²) in [6.07, 6.45) is 10.2. The Morgan fingerprint density at radius 3 is 2.92 bits per heavy atom. The number of hydrogen-bond acceptors (Lipinski definition) is 3. The summed E-state index contributed by atoms with van der Waals surface area (Å²) in [5.41, 5.74) is 1.90. The van der Waals surface area contributed by atoms with E-state index in [2.05, 4.69) is 19.6 Å². The molecule has 5 fully saturated rings. The maximum absolute atomic E-state index is 9.99. The Balaban J connectivity index is 1.54. The highest BCUT2D eigenvalue weighted by Gasteiger charge is 2.65. The summed E-state index contributed by atoms with van der Waals surface area (Å²) in [5, 5.41) is 9.99. The van der Waals surface area contributed by atoms with Crippen LogP contribution in [0.15, 0.2) is 12.2 Å². The van der Waals surface area contributed by atoms with Crippen molar-refractivity contribution in [1.82, 2.24) is 0 Å². The van der Waals surface area contributed by atoms with E-state index in [1.165, 1.54) is 50.5 Å². The first-order valence-electron chi connectivity index (χ1n) is 10.9. The molecule has 1 saturated heterocycles. The van der Waals surface area contributed by atoms with E-state index in [1.807, 2.05) is 0 Å². The third-order valence-electron chi connectivity index (χ3n) is 9.45. The van der Waals surface area contributed by atoms with Gasteiger partial charge < -0.3 is 9.47 Å². The number of hydrogen-bond donors (Lipinski definition) is 0. The van der Waals surface area contributed by atoms with Gasteiger partial charge in [-0.15, -0.1) is 0 Å². The first-order valence-corrected chi connectivity index (χ1v) is 10.9. The average molecular weight is 356 g/mol. The second-order valence-corrected chi connectivity index (χ2v) is 10.0. The van der Waals surface area contributed by atoms with Crippen molar-refractivity contribution in [2.45, 2.75) is 64.4 Å². The highest BCUT2D eigenvalue weighted by atomic mass is 16.5. The molecule has 5 aliphatic rings. The molecule has 4 saturated carbocycles. The van der Waals surface area contributed by atoms with Crippen molar-refractivity contribution >= 4 is 0 Å². The third kappa shape index (κ3) is 2.12. The van der Waals surface area contributed by atoms with Gasteiger partial charge in [0.2, 0.25) is 0 Å². The van der Waals surface area contributed by atoms with Crippen molar-refractivity contribution in [2.75, 3.05) is 19.8 Å². The quantitative estimate of drug-likeness (QED) is 0.590. The molecule has 0 bridgehead atoms. The summed E-state index contributed by atoms with van der Waals surface area (Å²) in [5.74, 6) is 2.79. The SMILES string of the molecule is C=C1CCC[C@@H]2CC[C@H]3[C@@H]4[C@H](C#N)CC5OCCOC[C@@]54CC[C@@H]3[C@@]12C. The van der Waals surface area contributed by atoms with Crippen molar-refractivity contribution in [3.63, 3.8) is 0 Å². The summed E-state index contributed by atoms with van der Waals surface area (Å²) >= 11 is 0. The molecule has 4 aliphatic carbocycles. The number of rotatable bonds is 0. The van der Waals surface area contributed by atoms with Crippen LogP contribution in [0, 0.1) is 51.8 Å². The molecule has 26 heavy (non-hydrogen) atoms. The van der Waals surface area contributed by atoms with E-state index < -0.39 is 0 Å². The summed E-state index contributed by atoms with van der Waals surface area (Å²) in [6, 6.07) is 2.71. The van der Waals surface area contributed by atoms with E-state index >= 15 is 0 Å². The van der Waals surface area contributed by atoms with Crippen LogP contribution in [0.2, 0.25) is 0 Å². The Labute approximate surface area is 158 Å². The summed E-state index contributed by atoms with van der Waals surface area (Å²) < 4.78 is 12.3. The van der Waals surface area contributed by atoms with Crippen LogP contribution < -0.4 is 0 Å². The van der Waals surface area contributed by atoms with Crippen LogP contribution in [0.3, 0.4) is 0 Å². The van der Waals surface area contributed by atoms with Gasteiger partial charge in [0.1, 0.15) is 0 Å². The van der Waals surface area contributed by atoms with Crippen molar-refractivity contribution in [1.29, 1.82) is 5.26 Å². The van der Waals surface area contributed by atoms with E-state index in [9.17, 15) is 5.26 Å². The van der Waals surface area contributed by atoms with E-state index in [0.29, 0.717) is 36.4 Å². The number of allylic oxidation sites excluding steroid dienone is 1. The Morgan fingerprint density at radius 2 is 2.08 bits per heavy atom. The Hall–Kier alpha value is -0.850. The van der Waals surface area contributed by atoms with Crippen molar-refractivity contribution in [2.24, 2.45) is 40.4 Å². The molecule has 0 aromatic heterocycles. The molecule has 5 rings (SSSR count).